The molecule has 2 fully saturated rings. The van der Waals surface area contributed by atoms with E-state index >= 15 is 0 Å². The lowest BCUT2D eigenvalue weighted by Gasteiger charge is -2.40. The first-order valence-electron chi connectivity index (χ1n) is 11.0. The van der Waals surface area contributed by atoms with Gasteiger partial charge in [-0.2, -0.15) is 5.26 Å². The van der Waals surface area contributed by atoms with Crippen LogP contribution in [0, 0.1) is 17.2 Å². The zero-order chi connectivity index (χ0) is 21.6. The van der Waals surface area contributed by atoms with Crippen molar-refractivity contribution in [2.75, 3.05) is 31.5 Å². The number of benzene rings is 1. The molecule has 4 rings (SSSR count). The van der Waals surface area contributed by atoms with Crippen molar-refractivity contribution in [1.82, 2.24) is 9.80 Å². The number of carbonyl (C=O) groups excluding carboxylic acids is 2. The molecule has 0 bridgehead atoms. The van der Waals surface area contributed by atoms with Gasteiger partial charge in [-0.1, -0.05) is 19.3 Å². The third kappa shape index (κ3) is 4.97. The van der Waals surface area contributed by atoms with Crippen LogP contribution >= 0.6 is 0 Å². The molecule has 0 radical (unpaired) electrons. The van der Waals surface area contributed by atoms with Crippen molar-refractivity contribution >= 4 is 17.5 Å². The van der Waals surface area contributed by atoms with Gasteiger partial charge in [0.2, 0.25) is 0 Å². The van der Waals surface area contributed by atoms with Crippen LogP contribution in [0.3, 0.4) is 0 Å². The summed E-state index contributed by atoms with van der Waals surface area (Å²) in [4.78, 5) is 29.1. The molecule has 0 unspecified atom stereocenters. The Morgan fingerprint density at radius 2 is 1.74 bits per heavy atom. The Bertz CT molecular complexity index is 919. The maximum Gasteiger partial charge on any atom is 0.291 e. The van der Waals surface area contributed by atoms with Crippen molar-refractivity contribution in [2.24, 2.45) is 5.92 Å². The van der Waals surface area contributed by atoms with Gasteiger partial charge in [-0.15, -0.1) is 0 Å². The van der Waals surface area contributed by atoms with Crippen molar-refractivity contribution in [1.29, 1.82) is 5.26 Å². The first-order chi connectivity index (χ1) is 15.2. The third-order valence-corrected chi connectivity index (χ3v) is 6.36. The minimum atomic E-state index is -0.329. The predicted molar refractivity (Wildman–Crippen MR) is 117 cm³/mol. The van der Waals surface area contributed by atoms with Crippen molar-refractivity contribution in [3.05, 3.63) is 54.0 Å². The highest BCUT2D eigenvalue weighted by atomic mass is 16.3. The Morgan fingerprint density at radius 1 is 1.03 bits per heavy atom. The topological polar surface area (TPSA) is 89.6 Å². The van der Waals surface area contributed by atoms with Crippen LogP contribution in [0.25, 0.3) is 0 Å². The van der Waals surface area contributed by atoms with Crippen molar-refractivity contribution in [2.45, 2.75) is 38.1 Å². The molecule has 1 saturated carbocycles. The van der Waals surface area contributed by atoms with E-state index in [1.807, 2.05) is 4.90 Å². The maximum atomic E-state index is 12.9. The fourth-order valence-corrected chi connectivity index (χ4v) is 4.62. The van der Waals surface area contributed by atoms with E-state index in [1.165, 1.54) is 25.5 Å². The number of carbonyl (C=O) groups is 2. The molecule has 1 aromatic carbocycles. The quantitative estimate of drug-likeness (QED) is 0.795. The van der Waals surface area contributed by atoms with Crippen LogP contribution < -0.4 is 5.32 Å². The van der Waals surface area contributed by atoms with Gasteiger partial charge >= 0.3 is 0 Å². The third-order valence-electron chi connectivity index (χ3n) is 6.36. The van der Waals surface area contributed by atoms with Gasteiger partial charge in [0, 0.05) is 37.4 Å². The molecule has 31 heavy (non-hydrogen) atoms. The molecule has 7 nitrogen and oxygen atoms in total. The molecular weight excluding hydrogens is 392 g/mol. The number of hydrogen-bond acceptors (Lipinski definition) is 5. The molecule has 2 amide bonds. The number of hydrogen-bond donors (Lipinski definition) is 1. The summed E-state index contributed by atoms with van der Waals surface area (Å²) < 4.78 is 5.08. The van der Waals surface area contributed by atoms with Gasteiger partial charge in [-0.25, -0.2) is 0 Å². The van der Waals surface area contributed by atoms with E-state index in [-0.39, 0.29) is 23.6 Å². The largest absolute Gasteiger partial charge is 0.459 e. The first kappa shape index (κ1) is 21.1. The van der Waals surface area contributed by atoms with Crippen LogP contribution in [-0.2, 0) is 0 Å². The highest BCUT2D eigenvalue weighted by molar-refractivity contribution is 6.02. The fraction of sp³-hybridized carbons (Fsp3) is 0.458. The van der Waals surface area contributed by atoms with Crippen LogP contribution in [-0.4, -0.2) is 53.8 Å². The Morgan fingerprint density at radius 3 is 2.35 bits per heavy atom. The molecule has 1 saturated heterocycles. The van der Waals surface area contributed by atoms with Crippen molar-refractivity contribution < 1.29 is 14.0 Å². The summed E-state index contributed by atoms with van der Waals surface area (Å²) in [5, 5.41) is 12.5. The number of rotatable bonds is 5. The average Bonchev–Trinajstić information content (AvgIpc) is 3.36. The second-order valence-electron chi connectivity index (χ2n) is 8.31. The van der Waals surface area contributed by atoms with Gasteiger partial charge in [-0.05, 0) is 55.2 Å². The number of nitrogens with zero attached hydrogens (tertiary/aromatic N) is 3. The number of amides is 2. The smallest absolute Gasteiger partial charge is 0.291 e. The second kappa shape index (κ2) is 9.80. The normalized spacial score (nSPS) is 18.9. The number of furan rings is 1. The van der Waals surface area contributed by atoms with Crippen LogP contribution in [0.4, 0.5) is 5.69 Å². The van der Waals surface area contributed by atoms with Gasteiger partial charge in [0.15, 0.2) is 5.76 Å². The lowest BCUT2D eigenvalue weighted by molar-refractivity contribution is 0.0538. The molecule has 2 aromatic rings. The van der Waals surface area contributed by atoms with E-state index < -0.39 is 0 Å². The van der Waals surface area contributed by atoms with Crippen LogP contribution in [0.5, 0.6) is 0 Å². The average molecular weight is 421 g/mol. The van der Waals surface area contributed by atoms with Gasteiger partial charge in [0.05, 0.1) is 12.3 Å². The van der Waals surface area contributed by atoms with Gasteiger partial charge < -0.3 is 14.6 Å². The first-order valence-corrected chi connectivity index (χ1v) is 11.0. The molecule has 7 heteroatoms. The lowest BCUT2D eigenvalue weighted by Crippen LogP contribution is -2.53. The minimum Gasteiger partial charge on any atom is -0.459 e. The summed E-state index contributed by atoms with van der Waals surface area (Å²) in [5.74, 6) is 0.354. The van der Waals surface area contributed by atoms with Gasteiger partial charge in [0.1, 0.15) is 6.04 Å². The van der Waals surface area contributed by atoms with Gasteiger partial charge in [-0.3, -0.25) is 14.5 Å². The molecule has 1 atom stereocenters. The number of nitrogens with one attached hydrogen (secondary N) is 1. The number of piperazine rings is 1. The predicted octanol–water partition coefficient (Wildman–Crippen LogP) is 3.76. The standard InChI is InChI=1S/C24H28N4O3/c25-17-21(18-5-2-1-3-6-18)27-12-14-28(15-13-27)24(30)19-8-10-20(11-9-19)26-23(29)22-7-4-16-31-22/h4,7-11,16,18,21H,1-3,5-6,12-15H2,(H,26,29)/t21-/m1/s1. The highest BCUT2D eigenvalue weighted by Gasteiger charge is 2.32. The van der Waals surface area contributed by atoms with Crippen molar-refractivity contribution in [3.8, 4) is 6.07 Å². The molecular formula is C24H28N4O3. The van der Waals surface area contributed by atoms with E-state index in [9.17, 15) is 14.9 Å². The maximum absolute atomic E-state index is 12.9. The summed E-state index contributed by atoms with van der Waals surface area (Å²) in [6.45, 7) is 2.72. The molecule has 0 spiro atoms. The summed E-state index contributed by atoms with van der Waals surface area (Å²) >= 11 is 0. The van der Waals surface area contributed by atoms with Crippen LogP contribution in [0.1, 0.15) is 53.0 Å². The van der Waals surface area contributed by atoms with E-state index in [4.69, 9.17) is 4.42 Å². The number of nitriles is 1. The SMILES string of the molecule is N#C[C@H](C1CCCCC1)N1CCN(C(=O)c2ccc(NC(=O)c3ccco3)cc2)CC1. The molecule has 1 aliphatic heterocycles. The zero-order valence-corrected chi connectivity index (χ0v) is 17.6. The minimum absolute atomic E-state index is 0.0188. The molecule has 2 aliphatic rings. The Balaban J connectivity index is 1.31. The molecule has 1 aromatic heterocycles. The summed E-state index contributed by atoms with van der Waals surface area (Å²) in [6, 6.07) is 12.7. The second-order valence-corrected chi connectivity index (χ2v) is 8.31. The Kier molecular flexibility index (Phi) is 6.68. The Hall–Kier alpha value is -3.11. The number of anilines is 1. The lowest BCUT2D eigenvalue weighted by atomic mass is 9.83. The van der Waals surface area contributed by atoms with Crippen LogP contribution in [0.2, 0.25) is 0 Å². The summed E-state index contributed by atoms with van der Waals surface area (Å²) in [5.41, 5.74) is 1.20. The van der Waals surface area contributed by atoms with E-state index in [0.717, 1.165) is 25.9 Å². The van der Waals surface area contributed by atoms with E-state index in [0.29, 0.717) is 30.3 Å². The molecule has 2 heterocycles. The van der Waals surface area contributed by atoms with Crippen LogP contribution in [0.15, 0.2) is 47.1 Å². The highest BCUT2D eigenvalue weighted by Crippen LogP contribution is 2.29. The van der Waals surface area contributed by atoms with E-state index in [2.05, 4.69) is 16.3 Å². The summed E-state index contributed by atoms with van der Waals surface area (Å²) in [7, 11) is 0. The molecule has 1 N–H and O–H groups in total. The summed E-state index contributed by atoms with van der Waals surface area (Å²) in [6.07, 6.45) is 7.45. The molecule has 162 valence electrons. The monoisotopic (exact) mass is 420 g/mol. The van der Waals surface area contributed by atoms with Gasteiger partial charge in [0.25, 0.3) is 11.8 Å². The van der Waals surface area contributed by atoms with E-state index in [1.54, 1.807) is 36.4 Å². The zero-order valence-electron chi connectivity index (χ0n) is 17.6. The Labute approximate surface area is 182 Å². The molecule has 1 aliphatic carbocycles. The van der Waals surface area contributed by atoms with Crippen molar-refractivity contribution in [3.63, 3.8) is 0 Å². The fourth-order valence-electron chi connectivity index (χ4n) is 4.62.